The van der Waals surface area contributed by atoms with Crippen molar-refractivity contribution in [1.82, 2.24) is 9.88 Å². The second-order valence-electron chi connectivity index (χ2n) is 7.53. The number of hydrogen-bond acceptors (Lipinski definition) is 4. The van der Waals surface area contributed by atoms with E-state index in [4.69, 9.17) is 0 Å². The predicted molar refractivity (Wildman–Crippen MR) is 107 cm³/mol. The summed E-state index contributed by atoms with van der Waals surface area (Å²) in [6.07, 6.45) is 3.68. The molecule has 0 bridgehead atoms. The maximum Gasteiger partial charge on any atom is 0.339 e. The molecule has 6 heteroatoms. The summed E-state index contributed by atoms with van der Waals surface area (Å²) in [5, 5.41) is 9.61. The minimum absolute atomic E-state index is 0.0416. The fraction of sp³-hybridized carbons (Fsp3) is 0.409. The summed E-state index contributed by atoms with van der Waals surface area (Å²) in [7, 11) is 0. The zero-order chi connectivity index (χ0) is 19.5. The summed E-state index contributed by atoms with van der Waals surface area (Å²) in [5.74, 6) is -0.167. The molecule has 1 amide bonds. The van der Waals surface area contributed by atoms with Gasteiger partial charge in [-0.05, 0) is 37.8 Å². The van der Waals surface area contributed by atoms with Crippen molar-refractivity contribution >= 4 is 17.7 Å². The molecule has 0 radical (unpaired) electrons. The Morgan fingerprint density at radius 1 is 0.929 bits per heavy atom. The first kappa shape index (κ1) is 18.5. The minimum Gasteiger partial charge on any atom is -0.478 e. The van der Waals surface area contributed by atoms with Gasteiger partial charge in [0.05, 0.1) is 5.69 Å². The number of aromatic carboxylic acids is 1. The number of pyridine rings is 1. The van der Waals surface area contributed by atoms with E-state index < -0.39 is 5.97 Å². The van der Waals surface area contributed by atoms with E-state index in [9.17, 15) is 14.7 Å². The van der Waals surface area contributed by atoms with Gasteiger partial charge in [-0.3, -0.25) is 4.79 Å². The molecule has 28 heavy (non-hydrogen) atoms. The molecule has 0 aliphatic carbocycles. The monoisotopic (exact) mass is 379 g/mol. The van der Waals surface area contributed by atoms with Gasteiger partial charge >= 0.3 is 5.97 Å². The van der Waals surface area contributed by atoms with Crippen LogP contribution in [-0.4, -0.2) is 53.0 Å². The first-order valence-electron chi connectivity index (χ1n) is 9.97. The standard InChI is InChI=1S/C22H25N3O3/c26-21(25-12-4-5-13-25)17-10-14-24(15-11-17)20-18(22(27)28)8-9-19(23-20)16-6-2-1-3-7-16/h1-3,6-9,17H,4-5,10-15H2,(H,27,28). The van der Waals surface area contributed by atoms with Crippen LogP contribution >= 0.6 is 0 Å². The molecule has 0 atom stereocenters. The molecule has 1 N–H and O–H groups in total. The third-order valence-electron chi connectivity index (χ3n) is 5.74. The van der Waals surface area contributed by atoms with E-state index in [1.807, 2.05) is 40.1 Å². The number of hydrogen-bond donors (Lipinski definition) is 1. The Morgan fingerprint density at radius 3 is 2.25 bits per heavy atom. The number of amides is 1. The van der Waals surface area contributed by atoms with Crippen molar-refractivity contribution in [2.45, 2.75) is 25.7 Å². The Labute approximate surface area is 164 Å². The third-order valence-corrected chi connectivity index (χ3v) is 5.74. The minimum atomic E-state index is -0.975. The van der Waals surface area contributed by atoms with Gasteiger partial charge in [0.15, 0.2) is 0 Å². The summed E-state index contributed by atoms with van der Waals surface area (Å²) >= 11 is 0. The van der Waals surface area contributed by atoms with Crippen molar-refractivity contribution in [3.05, 3.63) is 48.0 Å². The molecule has 146 valence electrons. The molecule has 0 saturated carbocycles. The molecular weight excluding hydrogens is 354 g/mol. The van der Waals surface area contributed by atoms with Gasteiger partial charge in [0.1, 0.15) is 11.4 Å². The highest BCUT2D eigenvalue weighted by Gasteiger charge is 2.31. The molecule has 3 heterocycles. The number of carboxylic acid groups (broad SMARTS) is 1. The van der Waals surface area contributed by atoms with Crippen molar-refractivity contribution in [1.29, 1.82) is 0 Å². The number of rotatable bonds is 4. The van der Waals surface area contributed by atoms with Crippen LogP contribution in [0.2, 0.25) is 0 Å². The second kappa shape index (κ2) is 8.00. The van der Waals surface area contributed by atoms with Crippen LogP contribution in [0.3, 0.4) is 0 Å². The van der Waals surface area contributed by atoms with Gasteiger partial charge < -0.3 is 14.9 Å². The Bertz CT molecular complexity index is 855. The maximum absolute atomic E-state index is 12.7. The van der Waals surface area contributed by atoms with Gasteiger partial charge in [0.2, 0.25) is 5.91 Å². The summed E-state index contributed by atoms with van der Waals surface area (Å²) in [6, 6.07) is 13.1. The molecule has 2 fully saturated rings. The predicted octanol–water partition coefficient (Wildman–Crippen LogP) is 3.29. The molecule has 2 aromatic rings. The number of aromatic nitrogens is 1. The smallest absolute Gasteiger partial charge is 0.339 e. The van der Waals surface area contributed by atoms with E-state index in [1.54, 1.807) is 12.1 Å². The quantitative estimate of drug-likeness (QED) is 0.882. The highest BCUT2D eigenvalue weighted by Crippen LogP contribution is 2.29. The molecule has 2 aliphatic heterocycles. The van der Waals surface area contributed by atoms with Crippen molar-refractivity contribution in [3.8, 4) is 11.3 Å². The van der Waals surface area contributed by atoms with Gasteiger partial charge in [-0.25, -0.2) is 9.78 Å². The van der Waals surface area contributed by atoms with Crippen LogP contribution < -0.4 is 4.90 Å². The van der Waals surface area contributed by atoms with E-state index in [0.717, 1.165) is 50.0 Å². The molecule has 2 aliphatic rings. The first-order chi connectivity index (χ1) is 13.6. The van der Waals surface area contributed by atoms with Crippen LogP contribution in [0.15, 0.2) is 42.5 Å². The topological polar surface area (TPSA) is 73.7 Å². The number of nitrogens with zero attached hydrogens (tertiary/aromatic N) is 3. The molecule has 2 saturated heterocycles. The van der Waals surface area contributed by atoms with Crippen molar-refractivity contribution in [2.75, 3.05) is 31.1 Å². The van der Waals surface area contributed by atoms with E-state index in [0.29, 0.717) is 18.9 Å². The van der Waals surface area contributed by atoms with Crippen molar-refractivity contribution < 1.29 is 14.7 Å². The average Bonchev–Trinajstić information content (AvgIpc) is 3.28. The number of anilines is 1. The number of likely N-dealkylation sites (tertiary alicyclic amines) is 1. The van der Waals surface area contributed by atoms with Gasteiger partial charge in [-0.2, -0.15) is 0 Å². The number of benzene rings is 1. The third kappa shape index (κ3) is 3.72. The van der Waals surface area contributed by atoms with E-state index in [-0.39, 0.29) is 17.4 Å². The Balaban J connectivity index is 1.53. The molecule has 1 aromatic heterocycles. The lowest BCUT2D eigenvalue weighted by Gasteiger charge is -2.34. The Kier molecular flexibility index (Phi) is 5.28. The molecular formula is C22H25N3O3. The van der Waals surface area contributed by atoms with Crippen LogP contribution in [0, 0.1) is 5.92 Å². The number of carbonyl (C=O) groups excluding carboxylic acids is 1. The highest BCUT2D eigenvalue weighted by molar-refractivity contribution is 5.94. The number of carbonyl (C=O) groups is 2. The Morgan fingerprint density at radius 2 is 1.61 bits per heavy atom. The van der Waals surface area contributed by atoms with Gasteiger partial charge in [0, 0.05) is 37.7 Å². The highest BCUT2D eigenvalue weighted by atomic mass is 16.4. The van der Waals surface area contributed by atoms with Gasteiger partial charge in [0.25, 0.3) is 0 Å². The van der Waals surface area contributed by atoms with E-state index in [1.165, 1.54) is 0 Å². The van der Waals surface area contributed by atoms with Crippen LogP contribution in [0.1, 0.15) is 36.0 Å². The van der Waals surface area contributed by atoms with Crippen LogP contribution in [0.25, 0.3) is 11.3 Å². The number of carboxylic acids is 1. The lowest BCUT2D eigenvalue weighted by molar-refractivity contribution is -0.135. The molecule has 4 rings (SSSR count). The van der Waals surface area contributed by atoms with E-state index in [2.05, 4.69) is 4.98 Å². The fourth-order valence-corrected chi connectivity index (χ4v) is 4.16. The summed E-state index contributed by atoms with van der Waals surface area (Å²) < 4.78 is 0. The average molecular weight is 379 g/mol. The summed E-state index contributed by atoms with van der Waals surface area (Å²) in [6.45, 7) is 3.05. The van der Waals surface area contributed by atoms with Crippen molar-refractivity contribution in [3.63, 3.8) is 0 Å². The van der Waals surface area contributed by atoms with E-state index >= 15 is 0 Å². The second-order valence-corrected chi connectivity index (χ2v) is 7.53. The summed E-state index contributed by atoms with van der Waals surface area (Å²) in [5.41, 5.74) is 1.93. The summed E-state index contributed by atoms with van der Waals surface area (Å²) in [4.78, 5) is 33.1. The Hall–Kier alpha value is -2.89. The zero-order valence-electron chi connectivity index (χ0n) is 15.9. The van der Waals surface area contributed by atoms with Crippen LogP contribution in [0.4, 0.5) is 5.82 Å². The molecule has 1 aromatic carbocycles. The number of piperidine rings is 1. The van der Waals surface area contributed by atoms with Gasteiger partial charge in [-0.15, -0.1) is 0 Å². The van der Waals surface area contributed by atoms with Crippen molar-refractivity contribution in [2.24, 2.45) is 5.92 Å². The van der Waals surface area contributed by atoms with Gasteiger partial charge in [-0.1, -0.05) is 30.3 Å². The van der Waals surface area contributed by atoms with Crippen LogP contribution in [-0.2, 0) is 4.79 Å². The molecule has 0 unspecified atom stereocenters. The largest absolute Gasteiger partial charge is 0.478 e. The lowest BCUT2D eigenvalue weighted by Crippen LogP contribution is -2.42. The van der Waals surface area contributed by atoms with Crippen LogP contribution in [0.5, 0.6) is 0 Å². The lowest BCUT2D eigenvalue weighted by atomic mass is 9.95. The maximum atomic E-state index is 12.7. The molecule has 6 nitrogen and oxygen atoms in total. The molecule has 0 spiro atoms. The first-order valence-corrected chi connectivity index (χ1v) is 9.97. The zero-order valence-corrected chi connectivity index (χ0v) is 15.9. The normalized spacial score (nSPS) is 17.7. The SMILES string of the molecule is O=C(O)c1ccc(-c2ccccc2)nc1N1CCC(C(=O)N2CCCC2)CC1. The fourth-order valence-electron chi connectivity index (χ4n) is 4.16.